The number of carbonyl (C=O) groups is 2. The number of likely N-dealkylation sites (tertiary alicyclic amines) is 1. The smallest absolute Gasteiger partial charge is 0.224 e. The van der Waals surface area contributed by atoms with Crippen LogP contribution in [0.1, 0.15) is 38.5 Å². The molecule has 0 aromatic heterocycles. The van der Waals surface area contributed by atoms with Crippen LogP contribution < -0.4 is 15.4 Å². The summed E-state index contributed by atoms with van der Waals surface area (Å²) in [5, 5.41) is 6.23. The Morgan fingerprint density at radius 3 is 2.18 bits per heavy atom. The first-order valence-electron chi connectivity index (χ1n) is 12.8. The Hall–Kier alpha value is -2.34. The van der Waals surface area contributed by atoms with Crippen molar-refractivity contribution in [1.29, 1.82) is 0 Å². The third-order valence-corrected chi connectivity index (χ3v) is 8.26. The lowest BCUT2D eigenvalue weighted by atomic mass is 9.81. The Morgan fingerprint density at radius 2 is 1.55 bits per heavy atom. The molecular weight excluding hydrogens is 414 g/mol. The van der Waals surface area contributed by atoms with Gasteiger partial charge in [-0.2, -0.15) is 0 Å². The van der Waals surface area contributed by atoms with Gasteiger partial charge in [0.1, 0.15) is 12.4 Å². The third-order valence-electron chi connectivity index (χ3n) is 8.26. The Labute approximate surface area is 197 Å². The van der Waals surface area contributed by atoms with Crippen LogP contribution in [0.25, 0.3) is 0 Å². The largest absolute Gasteiger partial charge is 0.492 e. The summed E-state index contributed by atoms with van der Waals surface area (Å²) >= 11 is 0. The van der Waals surface area contributed by atoms with Crippen LogP contribution in [0, 0.1) is 29.1 Å². The number of hydrogen-bond donors (Lipinski definition) is 2. The average Bonchev–Trinajstić information content (AvgIpc) is 3.19. The van der Waals surface area contributed by atoms with Crippen LogP contribution >= 0.6 is 0 Å². The van der Waals surface area contributed by atoms with E-state index in [1.807, 2.05) is 30.3 Å². The molecule has 0 unspecified atom stereocenters. The quantitative estimate of drug-likeness (QED) is 0.401. The fraction of sp³-hybridized carbons (Fsp3) is 0.630. The molecule has 1 spiro atoms. The molecule has 178 valence electrons. The lowest BCUT2D eigenvalue weighted by molar-refractivity contribution is -0.135. The van der Waals surface area contributed by atoms with Gasteiger partial charge in [-0.15, -0.1) is 0 Å². The summed E-state index contributed by atoms with van der Waals surface area (Å²) in [6, 6.07) is 9.62. The number of rotatable bonds is 11. The number of ether oxygens (including phenoxy) is 1. The Balaban J connectivity index is 1.11. The van der Waals surface area contributed by atoms with Gasteiger partial charge in [-0.05, 0) is 87.5 Å². The Bertz CT molecular complexity index is 861. The Kier molecular flexibility index (Phi) is 6.72. The van der Waals surface area contributed by atoms with Crippen LogP contribution in [0.2, 0.25) is 0 Å². The average molecular weight is 452 g/mol. The van der Waals surface area contributed by atoms with E-state index in [0.29, 0.717) is 19.7 Å². The van der Waals surface area contributed by atoms with E-state index in [1.165, 1.54) is 25.9 Å². The molecule has 2 N–H and O–H groups in total. The van der Waals surface area contributed by atoms with Crippen molar-refractivity contribution in [2.24, 2.45) is 29.1 Å². The molecule has 1 saturated heterocycles. The van der Waals surface area contributed by atoms with E-state index in [1.54, 1.807) is 0 Å². The van der Waals surface area contributed by atoms with E-state index in [0.717, 1.165) is 38.0 Å². The highest BCUT2D eigenvalue weighted by molar-refractivity contribution is 5.90. The van der Waals surface area contributed by atoms with E-state index in [9.17, 15) is 9.59 Å². The fourth-order valence-corrected chi connectivity index (χ4v) is 6.48. The molecule has 1 aromatic carbocycles. The number of carbonyl (C=O) groups excluding carboxylic acids is 2. The first kappa shape index (κ1) is 22.5. The zero-order valence-corrected chi connectivity index (χ0v) is 19.5. The van der Waals surface area contributed by atoms with Crippen molar-refractivity contribution in [2.45, 2.75) is 38.5 Å². The van der Waals surface area contributed by atoms with Crippen LogP contribution in [-0.2, 0) is 9.59 Å². The van der Waals surface area contributed by atoms with Gasteiger partial charge in [0.05, 0.1) is 18.4 Å². The minimum absolute atomic E-state index is 0.00368. The SMILES string of the molecule is O=C(NCCCCN1CCCC1)[C@H]1[C@H](C(=O)NCCOc2ccccc2)[C@@H]2C=C[C@H]1C21CC1. The summed E-state index contributed by atoms with van der Waals surface area (Å²) < 4.78 is 5.71. The number of benzene rings is 1. The molecule has 2 bridgehead atoms. The maximum atomic E-state index is 13.2. The lowest BCUT2D eigenvalue weighted by Gasteiger charge is -2.26. The molecule has 33 heavy (non-hydrogen) atoms. The van der Waals surface area contributed by atoms with Crippen molar-refractivity contribution >= 4 is 11.8 Å². The van der Waals surface area contributed by atoms with Crippen molar-refractivity contribution in [3.63, 3.8) is 0 Å². The molecule has 6 nitrogen and oxygen atoms in total. The first-order chi connectivity index (χ1) is 16.2. The molecule has 3 fully saturated rings. The summed E-state index contributed by atoms with van der Waals surface area (Å²) in [6.45, 7) is 5.15. The highest BCUT2D eigenvalue weighted by atomic mass is 16.5. The number of unbranched alkanes of at least 4 members (excludes halogenated alkanes) is 1. The normalized spacial score (nSPS) is 28.8. The van der Waals surface area contributed by atoms with Gasteiger partial charge in [0.15, 0.2) is 0 Å². The highest BCUT2D eigenvalue weighted by Gasteiger charge is 2.69. The summed E-state index contributed by atoms with van der Waals surface area (Å²) in [6.07, 6.45) is 11.4. The van der Waals surface area contributed by atoms with E-state index >= 15 is 0 Å². The predicted molar refractivity (Wildman–Crippen MR) is 128 cm³/mol. The van der Waals surface area contributed by atoms with E-state index in [-0.39, 0.29) is 40.9 Å². The van der Waals surface area contributed by atoms with Gasteiger partial charge < -0.3 is 20.3 Å². The summed E-state index contributed by atoms with van der Waals surface area (Å²) in [5.74, 6) is 0.782. The molecule has 5 rings (SSSR count). The standard InChI is InChI=1S/C27H37N3O3/c31-25(28-14-4-5-16-30-17-6-7-18-30)23-21-10-11-22(27(21)12-13-27)24(23)26(32)29-15-19-33-20-8-2-1-3-9-20/h1-3,8-11,21-24H,4-7,12-19H2,(H,28,31)(H,29,32)/t21-,22+,23-,24-/m1/s1. The van der Waals surface area contributed by atoms with Crippen LogP contribution in [0.3, 0.4) is 0 Å². The van der Waals surface area contributed by atoms with E-state index in [4.69, 9.17) is 4.74 Å². The van der Waals surface area contributed by atoms with Gasteiger partial charge >= 0.3 is 0 Å². The van der Waals surface area contributed by atoms with Gasteiger partial charge in [0.2, 0.25) is 11.8 Å². The molecular formula is C27H37N3O3. The molecule has 1 heterocycles. The first-order valence-corrected chi connectivity index (χ1v) is 12.8. The molecule has 1 aromatic rings. The van der Waals surface area contributed by atoms with Crippen LogP contribution in [0.15, 0.2) is 42.5 Å². The highest BCUT2D eigenvalue weighted by Crippen LogP contribution is 2.72. The number of nitrogens with zero attached hydrogens (tertiary/aromatic N) is 1. The number of hydrogen-bond acceptors (Lipinski definition) is 4. The number of amides is 2. The molecule has 4 aliphatic rings. The number of allylic oxidation sites excluding steroid dienone is 2. The number of nitrogens with one attached hydrogen (secondary N) is 2. The van der Waals surface area contributed by atoms with Gasteiger partial charge in [-0.3, -0.25) is 9.59 Å². The van der Waals surface area contributed by atoms with E-state index in [2.05, 4.69) is 27.7 Å². The van der Waals surface area contributed by atoms with Crippen LogP contribution in [0.5, 0.6) is 5.75 Å². The topological polar surface area (TPSA) is 70.7 Å². The molecule has 2 saturated carbocycles. The zero-order chi connectivity index (χ0) is 22.7. The van der Waals surface area contributed by atoms with Gasteiger partial charge in [-0.25, -0.2) is 0 Å². The second-order valence-electron chi connectivity index (χ2n) is 10.2. The predicted octanol–water partition coefficient (Wildman–Crippen LogP) is 3.00. The van der Waals surface area contributed by atoms with Crippen molar-refractivity contribution in [2.75, 3.05) is 39.3 Å². The van der Waals surface area contributed by atoms with Crippen molar-refractivity contribution in [3.05, 3.63) is 42.5 Å². The van der Waals surface area contributed by atoms with Crippen molar-refractivity contribution in [1.82, 2.24) is 15.5 Å². The fourth-order valence-electron chi connectivity index (χ4n) is 6.48. The summed E-state index contributed by atoms with van der Waals surface area (Å²) in [5.41, 5.74) is 0.167. The van der Waals surface area contributed by atoms with Gasteiger partial charge in [0, 0.05) is 6.54 Å². The molecule has 0 radical (unpaired) electrons. The molecule has 6 heteroatoms. The number of para-hydroxylation sites is 1. The van der Waals surface area contributed by atoms with Crippen molar-refractivity contribution < 1.29 is 14.3 Å². The molecule has 3 aliphatic carbocycles. The van der Waals surface area contributed by atoms with Gasteiger partial charge in [-0.1, -0.05) is 30.4 Å². The summed E-state index contributed by atoms with van der Waals surface area (Å²) in [4.78, 5) is 29.0. The Morgan fingerprint density at radius 1 is 0.909 bits per heavy atom. The zero-order valence-electron chi connectivity index (χ0n) is 19.5. The van der Waals surface area contributed by atoms with Crippen LogP contribution in [-0.4, -0.2) is 56.0 Å². The molecule has 1 aliphatic heterocycles. The molecule has 2 amide bonds. The van der Waals surface area contributed by atoms with Gasteiger partial charge in [0.25, 0.3) is 0 Å². The maximum absolute atomic E-state index is 13.2. The maximum Gasteiger partial charge on any atom is 0.224 e. The van der Waals surface area contributed by atoms with E-state index < -0.39 is 0 Å². The lowest BCUT2D eigenvalue weighted by Crippen LogP contribution is -2.45. The summed E-state index contributed by atoms with van der Waals surface area (Å²) in [7, 11) is 0. The second-order valence-corrected chi connectivity index (χ2v) is 10.2. The molecule has 4 atom stereocenters. The third kappa shape index (κ3) is 4.68. The minimum atomic E-state index is -0.260. The monoisotopic (exact) mass is 451 g/mol. The minimum Gasteiger partial charge on any atom is -0.492 e. The van der Waals surface area contributed by atoms with Crippen molar-refractivity contribution in [3.8, 4) is 5.75 Å². The van der Waals surface area contributed by atoms with Crippen LogP contribution in [0.4, 0.5) is 0 Å². The second kappa shape index (κ2) is 9.88.